The third-order valence-corrected chi connectivity index (χ3v) is 3.95. The van der Waals surface area contributed by atoms with E-state index in [2.05, 4.69) is 27.8 Å². The summed E-state index contributed by atoms with van der Waals surface area (Å²) in [5.41, 5.74) is 0.565. The van der Waals surface area contributed by atoms with E-state index in [1.165, 1.54) is 11.8 Å². The number of halogens is 1. The van der Waals surface area contributed by atoms with Gasteiger partial charge in [0, 0.05) is 10.6 Å². The van der Waals surface area contributed by atoms with Gasteiger partial charge in [-0.2, -0.15) is 0 Å². The molecule has 0 aliphatic heterocycles. The highest BCUT2D eigenvalue weighted by Crippen LogP contribution is 2.24. The van der Waals surface area contributed by atoms with Gasteiger partial charge >= 0.3 is 0 Å². The largest absolute Gasteiger partial charge is 0.280 e. The Morgan fingerprint density at radius 3 is 2.87 bits per heavy atom. The fourth-order valence-electron chi connectivity index (χ4n) is 0.997. The van der Waals surface area contributed by atoms with Gasteiger partial charge in [-0.1, -0.05) is 18.7 Å². The first kappa shape index (κ1) is 13.1. The van der Waals surface area contributed by atoms with Crippen LogP contribution in [0.4, 0.5) is 0 Å². The van der Waals surface area contributed by atoms with E-state index < -0.39 is 0 Å². The second kappa shape index (κ2) is 6.55. The molecule has 0 fully saturated rings. The van der Waals surface area contributed by atoms with Crippen molar-refractivity contribution in [1.82, 2.24) is 4.98 Å². The second-order valence-corrected chi connectivity index (χ2v) is 5.55. The fraction of sp³-hybridized carbons (Fsp3) is 0.400. The SMILES string of the molecule is CCCSC(=O)c1nc(Br)ccc1SC. The van der Waals surface area contributed by atoms with E-state index in [0.29, 0.717) is 10.3 Å². The molecule has 5 heteroatoms. The molecule has 0 saturated heterocycles. The van der Waals surface area contributed by atoms with Crippen molar-refractivity contribution in [2.45, 2.75) is 18.2 Å². The molecular weight excluding hydrogens is 294 g/mol. The third kappa shape index (κ3) is 3.81. The van der Waals surface area contributed by atoms with Crippen molar-refractivity contribution in [3.63, 3.8) is 0 Å². The van der Waals surface area contributed by atoms with E-state index in [1.54, 1.807) is 11.8 Å². The molecule has 0 radical (unpaired) electrons. The van der Waals surface area contributed by atoms with E-state index in [4.69, 9.17) is 0 Å². The van der Waals surface area contributed by atoms with Gasteiger partial charge in [-0.25, -0.2) is 4.98 Å². The molecule has 2 nitrogen and oxygen atoms in total. The molecule has 0 aliphatic carbocycles. The number of hydrogen-bond acceptors (Lipinski definition) is 4. The zero-order valence-electron chi connectivity index (χ0n) is 8.62. The van der Waals surface area contributed by atoms with Crippen molar-refractivity contribution in [3.8, 4) is 0 Å². The molecule has 15 heavy (non-hydrogen) atoms. The number of nitrogens with zero attached hydrogens (tertiary/aromatic N) is 1. The molecule has 82 valence electrons. The van der Waals surface area contributed by atoms with E-state index >= 15 is 0 Å². The monoisotopic (exact) mass is 305 g/mol. The maximum absolute atomic E-state index is 11.8. The Kier molecular flexibility index (Phi) is 5.71. The third-order valence-electron chi connectivity index (χ3n) is 1.67. The number of aromatic nitrogens is 1. The number of rotatable bonds is 4. The van der Waals surface area contributed by atoms with Gasteiger partial charge in [0.1, 0.15) is 10.3 Å². The van der Waals surface area contributed by atoms with E-state index in [-0.39, 0.29) is 5.12 Å². The molecule has 0 aromatic carbocycles. The van der Waals surface area contributed by atoms with Crippen LogP contribution in [0.25, 0.3) is 0 Å². The van der Waals surface area contributed by atoms with Crippen LogP contribution in [0.1, 0.15) is 23.8 Å². The summed E-state index contributed by atoms with van der Waals surface area (Å²) in [6.07, 6.45) is 2.95. The minimum atomic E-state index is 0.0579. The molecule has 1 rings (SSSR count). The molecule has 0 bridgehead atoms. The zero-order valence-corrected chi connectivity index (χ0v) is 11.8. The molecule has 1 aromatic rings. The van der Waals surface area contributed by atoms with Crippen molar-refractivity contribution in [1.29, 1.82) is 0 Å². The highest BCUT2D eigenvalue weighted by molar-refractivity contribution is 9.10. The second-order valence-electron chi connectivity index (χ2n) is 2.82. The Bertz CT molecular complexity index is 357. The van der Waals surface area contributed by atoms with Crippen LogP contribution in [-0.4, -0.2) is 22.1 Å². The highest BCUT2D eigenvalue weighted by Gasteiger charge is 2.13. The number of hydrogen-bond donors (Lipinski definition) is 0. The Hall–Kier alpha value is -0.000000000000000111. The topological polar surface area (TPSA) is 30.0 Å². The minimum Gasteiger partial charge on any atom is -0.280 e. The molecule has 0 N–H and O–H groups in total. The lowest BCUT2D eigenvalue weighted by molar-refractivity contribution is 0.108. The first-order valence-electron chi connectivity index (χ1n) is 4.56. The summed E-state index contributed by atoms with van der Waals surface area (Å²) >= 11 is 6.16. The maximum Gasteiger partial charge on any atom is 0.238 e. The number of carbonyl (C=O) groups excluding carboxylic acids is 1. The number of thioether (sulfide) groups is 2. The molecular formula is C10H12BrNOS2. The smallest absolute Gasteiger partial charge is 0.238 e. The van der Waals surface area contributed by atoms with Crippen LogP contribution in [0.5, 0.6) is 0 Å². The molecule has 0 amide bonds. The summed E-state index contributed by atoms with van der Waals surface area (Å²) in [6.45, 7) is 2.06. The molecule has 0 spiro atoms. The molecule has 0 saturated carbocycles. The van der Waals surface area contributed by atoms with Gasteiger partial charge in [-0.3, -0.25) is 4.79 Å². The predicted molar refractivity (Wildman–Crippen MR) is 70.8 cm³/mol. The standard InChI is InChI=1S/C10H12BrNOS2/c1-3-6-15-10(13)9-7(14-2)4-5-8(11)12-9/h4-5H,3,6H2,1-2H3. The quantitative estimate of drug-likeness (QED) is 0.624. The average Bonchev–Trinajstić information content (AvgIpc) is 2.25. The summed E-state index contributed by atoms with van der Waals surface area (Å²) < 4.78 is 0.709. The van der Waals surface area contributed by atoms with Crippen LogP contribution in [0.2, 0.25) is 0 Å². The van der Waals surface area contributed by atoms with Crippen LogP contribution in [-0.2, 0) is 0 Å². The van der Waals surface area contributed by atoms with Crippen molar-refractivity contribution >= 4 is 44.6 Å². The van der Waals surface area contributed by atoms with E-state index in [0.717, 1.165) is 17.1 Å². The maximum atomic E-state index is 11.8. The summed E-state index contributed by atoms with van der Waals surface area (Å²) in [7, 11) is 0. The lowest BCUT2D eigenvalue weighted by Crippen LogP contribution is -2.01. The predicted octanol–water partition coefficient (Wildman–Crippen LogP) is 3.85. The lowest BCUT2D eigenvalue weighted by Gasteiger charge is -2.04. The van der Waals surface area contributed by atoms with Gasteiger partial charge < -0.3 is 0 Å². The zero-order chi connectivity index (χ0) is 11.3. The van der Waals surface area contributed by atoms with Crippen LogP contribution in [0, 0.1) is 0 Å². The summed E-state index contributed by atoms with van der Waals surface area (Å²) in [5, 5.41) is 0.0579. The first-order valence-corrected chi connectivity index (χ1v) is 7.57. The first-order chi connectivity index (χ1) is 7.19. The van der Waals surface area contributed by atoms with E-state index in [9.17, 15) is 4.79 Å². The molecule has 1 aromatic heterocycles. The van der Waals surface area contributed by atoms with Gasteiger partial charge in [0.05, 0.1) is 0 Å². The molecule has 1 heterocycles. The van der Waals surface area contributed by atoms with Crippen LogP contribution < -0.4 is 0 Å². The Labute approximate surface area is 107 Å². The number of pyridine rings is 1. The normalized spacial score (nSPS) is 10.3. The molecule has 0 unspecified atom stereocenters. The summed E-state index contributed by atoms with van der Waals surface area (Å²) in [5.74, 6) is 0.848. The highest BCUT2D eigenvalue weighted by atomic mass is 79.9. The van der Waals surface area contributed by atoms with Crippen LogP contribution in [0.15, 0.2) is 21.6 Å². The number of carbonyl (C=O) groups is 1. The van der Waals surface area contributed by atoms with Gasteiger partial charge in [0.2, 0.25) is 5.12 Å². The lowest BCUT2D eigenvalue weighted by atomic mass is 10.4. The molecule has 0 atom stereocenters. The van der Waals surface area contributed by atoms with Gasteiger partial charge in [0.25, 0.3) is 0 Å². The summed E-state index contributed by atoms with van der Waals surface area (Å²) in [4.78, 5) is 17.0. The van der Waals surface area contributed by atoms with Crippen LogP contribution >= 0.6 is 39.5 Å². The van der Waals surface area contributed by atoms with Gasteiger partial charge in [-0.05, 0) is 40.7 Å². The molecule has 0 aliphatic rings. The Morgan fingerprint density at radius 2 is 2.27 bits per heavy atom. The van der Waals surface area contributed by atoms with Crippen molar-refractivity contribution in [3.05, 3.63) is 22.4 Å². The Balaban J connectivity index is 2.90. The summed E-state index contributed by atoms with van der Waals surface area (Å²) in [6, 6.07) is 3.77. The van der Waals surface area contributed by atoms with Crippen molar-refractivity contribution in [2.75, 3.05) is 12.0 Å². The fourth-order valence-corrected chi connectivity index (χ4v) is 2.59. The average molecular weight is 306 g/mol. The van der Waals surface area contributed by atoms with Gasteiger partial charge in [-0.15, -0.1) is 11.8 Å². The van der Waals surface area contributed by atoms with Crippen molar-refractivity contribution in [2.24, 2.45) is 0 Å². The van der Waals surface area contributed by atoms with Gasteiger partial charge in [0.15, 0.2) is 0 Å². The van der Waals surface area contributed by atoms with E-state index in [1.807, 2.05) is 18.4 Å². The van der Waals surface area contributed by atoms with Crippen molar-refractivity contribution < 1.29 is 4.79 Å². The van der Waals surface area contributed by atoms with Crippen LogP contribution in [0.3, 0.4) is 0 Å². The minimum absolute atomic E-state index is 0.0579. The Morgan fingerprint density at radius 1 is 1.53 bits per heavy atom.